The zero-order valence-electron chi connectivity index (χ0n) is 19.0. The van der Waals surface area contributed by atoms with Crippen LogP contribution >= 0.6 is 0 Å². The number of carbonyl (C=O) groups excluding carboxylic acids is 1. The summed E-state index contributed by atoms with van der Waals surface area (Å²) < 4.78 is 47.2. The minimum Gasteiger partial charge on any atom is -0.468 e. The minimum absolute atomic E-state index is 0.199. The Morgan fingerprint density at radius 2 is 2.03 bits per heavy atom. The van der Waals surface area contributed by atoms with Crippen LogP contribution in [0.1, 0.15) is 36.6 Å². The van der Waals surface area contributed by atoms with Crippen LogP contribution < -0.4 is 5.32 Å². The van der Waals surface area contributed by atoms with Gasteiger partial charge in [-0.05, 0) is 67.6 Å². The predicted molar refractivity (Wildman–Crippen MR) is 126 cm³/mol. The molecular weight excluding hydrogens is 457 g/mol. The van der Waals surface area contributed by atoms with Gasteiger partial charge in [-0.1, -0.05) is 30.4 Å². The summed E-state index contributed by atoms with van der Waals surface area (Å²) in [5.41, 5.74) is 2.21. The van der Waals surface area contributed by atoms with Crippen LogP contribution in [0.2, 0.25) is 0 Å². The molecule has 0 bridgehead atoms. The maximum Gasteiger partial charge on any atom is 0.317 e. The third kappa shape index (κ3) is 3.06. The van der Waals surface area contributed by atoms with Crippen LogP contribution in [0.3, 0.4) is 0 Å². The smallest absolute Gasteiger partial charge is 0.317 e. The summed E-state index contributed by atoms with van der Waals surface area (Å²) in [6, 6.07) is 5.59. The number of halogens is 1. The van der Waals surface area contributed by atoms with E-state index in [0.29, 0.717) is 48.3 Å². The summed E-state index contributed by atoms with van der Waals surface area (Å²) in [7, 11) is -2.77. The van der Waals surface area contributed by atoms with Gasteiger partial charge in [0.15, 0.2) is 0 Å². The van der Waals surface area contributed by atoms with E-state index in [4.69, 9.17) is 4.74 Å². The molecule has 178 valence electrons. The number of nitrogens with zero attached hydrogens (tertiary/aromatic N) is 2. The van der Waals surface area contributed by atoms with Crippen molar-refractivity contribution in [1.29, 1.82) is 0 Å². The Hall–Kier alpha value is -3.04. The molecule has 1 saturated heterocycles. The van der Waals surface area contributed by atoms with Gasteiger partial charge in [-0.15, -0.1) is 0 Å². The number of hydrogen-bond acceptors (Lipinski definition) is 6. The molecule has 5 rings (SSSR count). The second kappa shape index (κ2) is 8.02. The minimum atomic E-state index is -4.13. The van der Waals surface area contributed by atoms with Crippen LogP contribution in [0.4, 0.5) is 4.39 Å². The molecule has 2 aliphatic carbocycles. The molecule has 0 amide bonds. The SMILES string of the molecule is COC(=O)[C@@]12CNCCC1=Cc1c(cnn1S(=O)(=O)C1(c3ccc(F)cc3)CC=CC=C1C)C2. The van der Waals surface area contributed by atoms with Crippen LogP contribution in [0, 0.1) is 11.2 Å². The van der Waals surface area contributed by atoms with Gasteiger partial charge >= 0.3 is 5.97 Å². The second-order valence-corrected chi connectivity index (χ2v) is 11.1. The predicted octanol–water partition coefficient (Wildman–Crippen LogP) is 3.09. The lowest BCUT2D eigenvalue weighted by Gasteiger charge is -2.40. The summed E-state index contributed by atoms with van der Waals surface area (Å²) in [6.45, 7) is 2.88. The third-order valence-corrected chi connectivity index (χ3v) is 9.70. The van der Waals surface area contributed by atoms with Crippen molar-refractivity contribution in [2.24, 2.45) is 5.41 Å². The molecule has 1 aliphatic heterocycles. The van der Waals surface area contributed by atoms with Crippen molar-refractivity contribution < 1.29 is 22.3 Å². The van der Waals surface area contributed by atoms with E-state index in [2.05, 4.69) is 10.4 Å². The van der Waals surface area contributed by atoms with E-state index in [-0.39, 0.29) is 12.4 Å². The molecule has 0 radical (unpaired) electrons. The van der Waals surface area contributed by atoms with Gasteiger partial charge in [0.2, 0.25) is 0 Å². The fourth-order valence-electron chi connectivity index (χ4n) is 5.49. The van der Waals surface area contributed by atoms with Crippen molar-refractivity contribution in [3.63, 3.8) is 0 Å². The molecule has 0 saturated carbocycles. The monoisotopic (exact) mass is 483 g/mol. The first-order valence-corrected chi connectivity index (χ1v) is 12.6. The molecule has 2 aromatic rings. The number of piperidine rings is 1. The van der Waals surface area contributed by atoms with Gasteiger partial charge in [0.05, 0.1) is 19.0 Å². The van der Waals surface area contributed by atoms with Gasteiger partial charge < -0.3 is 10.1 Å². The maximum absolute atomic E-state index is 14.4. The number of methoxy groups -OCH3 is 1. The number of hydrogen-bond donors (Lipinski definition) is 1. The number of nitrogens with one attached hydrogen (secondary N) is 1. The second-order valence-electron chi connectivity index (χ2n) is 9.07. The number of carbonyl (C=O) groups is 1. The van der Waals surface area contributed by atoms with E-state index in [9.17, 15) is 17.6 Å². The Labute approximate surface area is 198 Å². The standard InChI is InChI=1S/C25H26FN3O4S/c1-17-5-3-4-11-25(17,19-6-8-21(26)9-7-19)34(31,32)29-22-13-20-10-12-27-16-24(20,23(30)33-2)14-18(22)15-28-29/h3-9,13,15,27H,10-12,14,16H2,1-2H3/t24-,25?/m0/s1. The van der Waals surface area contributed by atoms with Gasteiger partial charge in [0.1, 0.15) is 16.0 Å². The molecular formula is C25H26FN3O4S. The molecule has 2 atom stereocenters. The van der Waals surface area contributed by atoms with Crippen LogP contribution in [0.25, 0.3) is 6.08 Å². The van der Waals surface area contributed by atoms with E-state index in [1.54, 1.807) is 25.2 Å². The van der Waals surface area contributed by atoms with E-state index in [0.717, 1.165) is 9.66 Å². The first-order valence-electron chi connectivity index (χ1n) is 11.2. The highest BCUT2D eigenvalue weighted by atomic mass is 32.2. The largest absolute Gasteiger partial charge is 0.468 e. The topological polar surface area (TPSA) is 90.3 Å². The highest BCUT2D eigenvalue weighted by Gasteiger charge is 2.52. The molecule has 9 heteroatoms. The van der Waals surface area contributed by atoms with Gasteiger partial charge in [-0.25, -0.2) is 12.8 Å². The first-order chi connectivity index (χ1) is 16.3. The van der Waals surface area contributed by atoms with Crippen LogP contribution in [-0.2, 0) is 30.7 Å². The van der Waals surface area contributed by atoms with Crippen LogP contribution in [0.5, 0.6) is 0 Å². The van der Waals surface area contributed by atoms with Crippen LogP contribution in [0.15, 0.2) is 59.8 Å². The van der Waals surface area contributed by atoms with Gasteiger partial charge in [-0.2, -0.15) is 9.19 Å². The molecule has 34 heavy (non-hydrogen) atoms. The average Bonchev–Trinajstić information content (AvgIpc) is 3.26. The van der Waals surface area contributed by atoms with E-state index in [1.807, 2.05) is 6.08 Å². The van der Waals surface area contributed by atoms with Crippen molar-refractivity contribution in [2.45, 2.75) is 30.9 Å². The van der Waals surface area contributed by atoms with Gasteiger partial charge in [0, 0.05) is 12.1 Å². The van der Waals surface area contributed by atoms with E-state index >= 15 is 0 Å². The molecule has 3 aliphatic rings. The summed E-state index contributed by atoms with van der Waals surface area (Å²) >= 11 is 0. The van der Waals surface area contributed by atoms with Crippen molar-refractivity contribution >= 4 is 22.1 Å². The van der Waals surface area contributed by atoms with Crippen molar-refractivity contribution in [2.75, 3.05) is 20.2 Å². The lowest BCUT2D eigenvalue weighted by Crippen LogP contribution is -2.50. The number of aromatic nitrogens is 2. The average molecular weight is 484 g/mol. The molecule has 1 unspecified atom stereocenters. The quantitative estimate of drug-likeness (QED) is 0.673. The van der Waals surface area contributed by atoms with Crippen molar-refractivity contribution in [1.82, 2.24) is 14.5 Å². The van der Waals surface area contributed by atoms with E-state index in [1.165, 1.54) is 37.6 Å². The number of allylic oxidation sites excluding steroid dienone is 3. The normalized spacial score (nSPS) is 26.2. The van der Waals surface area contributed by atoms with Gasteiger partial charge in [0.25, 0.3) is 10.0 Å². The lowest BCUT2D eigenvalue weighted by atomic mass is 9.69. The Balaban J connectivity index is 1.69. The molecule has 1 aromatic carbocycles. The maximum atomic E-state index is 14.4. The summed E-state index contributed by atoms with van der Waals surface area (Å²) in [5, 5.41) is 7.59. The molecule has 0 spiro atoms. The van der Waals surface area contributed by atoms with E-state index < -0.39 is 26.0 Å². The van der Waals surface area contributed by atoms with Gasteiger partial charge in [-0.3, -0.25) is 4.79 Å². The molecule has 1 fully saturated rings. The number of fused-ring (bicyclic) bond motifs is 2. The summed E-state index contributed by atoms with van der Waals surface area (Å²) in [6.07, 6.45) is 9.82. The summed E-state index contributed by atoms with van der Waals surface area (Å²) in [4.78, 5) is 12.8. The third-order valence-electron chi connectivity index (χ3n) is 7.35. The zero-order valence-corrected chi connectivity index (χ0v) is 19.9. The van der Waals surface area contributed by atoms with Crippen molar-refractivity contribution in [3.05, 3.63) is 82.5 Å². The molecule has 2 heterocycles. The zero-order chi connectivity index (χ0) is 24.1. The molecule has 1 N–H and O–H groups in total. The number of benzene rings is 1. The fourth-order valence-corrected chi connectivity index (χ4v) is 7.60. The summed E-state index contributed by atoms with van der Waals surface area (Å²) in [5.74, 6) is -0.776. The molecule has 7 nitrogen and oxygen atoms in total. The Morgan fingerprint density at radius 1 is 1.26 bits per heavy atom. The number of ether oxygens (including phenoxy) is 1. The Bertz CT molecular complexity index is 1360. The number of esters is 1. The fraction of sp³-hybridized carbons (Fsp3) is 0.360. The lowest BCUT2D eigenvalue weighted by molar-refractivity contribution is -0.150. The first kappa shape index (κ1) is 22.7. The Kier molecular flexibility index (Phi) is 5.37. The highest BCUT2D eigenvalue weighted by molar-refractivity contribution is 7.91. The molecule has 1 aromatic heterocycles. The Morgan fingerprint density at radius 3 is 2.74 bits per heavy atom. The number of rotatable bonds is 4. The van der Waals surface area contributed by atoms with Crippen LogP contribution in [-0.4, -0.2) is 43.8 Å². The van der Waals surface area contributed by atoms with Crippen molar-refractivity contribution in [3.8, 4) is 0 Å². The highest BCUT2D eigenvalue weighted by Crippen LogP contribution is 2.47.